The number of hydrogen-bond donors (Lipinski definition) is 2. The quantitative estimate of drug-likeness (QED) is 0.895. The van der Waals surface area contributed by atoms with Crippen molar-refractivity contribution in [3.63, 3.8) is 0 Å². The predicted molar refractivity (Wildman–Crippen MR) is 74.3 cm³/mol. The maximum Gasteiger partial charge on any atom is 0.240 e. The molecule has 0 aliphatic carbocycles. The first-order chi connectivity index (χ1) is 8.68. The molecule has 0 saturated carbocycles. The molecule has 2 rings (SSSR count). The zero-order chi connectivity index (χ0) is 13.0. The highest BCUT2D eigenvalue weighted by Crippen LogP contribution is 2.25. The molecule has 18 heavy (non-hydrogen) atoms. The fourth-order valence-corrected chi connectivity index (χ4v) is 2.59. The van der Waals surface area contributed by atoms with Crippen LogP contribution in [0.15, 0.2) is 28.7 Å². The van der Waals surface area contributed by atoms with Crippen LogP contribution < -0.4 is 11.1 Å². The Labute approximate surface area is 115 Å². The van der Waals surface area contributed by atoms with Gasteiger partial charge in [0.05, 0.1) is 6.61 Å². The molecular weight excluding hydrogens is 296 g/mol. The number of rotatable bonds is 4. The van der Waals surface area contributed by atoms with Crippen LogP contribution in [0.1, 0.15) is 12.8 Å². The van der Waals surface area contributed by atoms with Crippen LogP contribution in [0.4, 0.5) is 5.69 Å². The average Bonchev–Trinajstić information content (AvgIpc) is 2.38. The molecule has 3 N–H and O–H groups in total. The van der Waals surface area contributed by atoms with Gasteiger partial charge >= 0.3 is 0 Å². The summed E-state index contributed by atoms with van der Waals surface area (Å²) >= 11 is 3.45. The molecule has 0 aromatic heterocycles. The SMILES string of the molecule is NC(=O)C(Nc1ccccc1Br)C1CCCOC1. The Morgan fingerprint density at radius 1 is 1.50 bits per heavy atom. The third-order valence-corrected chi connectivity index (χ3v) is 3.85. The van der Waals surface area contributed by atoms with E-state index in [1.54, 1.807) is 0 Å². The number of amides is 1. The first kappa shape index (κ1) is 13.4. The highest BCUT2D eigenvalue weighted by Gasteiger charge is 2.28. The van der Waals surface area contributed by atoms with Crippen molar-refractivity contribution in [2.45, 2.75) is 18.9 Å². The molecule has 1 saturated heterocycles. The molecule has 0 radical (unpaired) electrons. The second kappa shape index (κ2) is 6.20. The molecule has 1 aromatic carbocycles. The Balaban J connectivity index is 2.11. The number of ether oxygens (including phenoxy) is 1. The van der Waals surface area contributed by atoms with Crippen LogP contribution in [0.2, 0.25) is 0 Å². The number of anilines is 1. The van der Waals surface area contributed by atoms with Gasteiger partial charge in [0.15, 0.2) is 0 Å². The van der Waals surface area contributed by atoms with Gasteiger partial charge in [0, 0.05) is 22.7 Å². The van der Waals surface area contributed by atoms with E-state index in [-0.39, 0.29) is 17.9 Å². The van der Waals surface area contributed by atoms with E-state index in [0.717, 1.165) is 29.6 Å². The molecule has 4 nitrogen and oxygen atoms in total. The maximum absolute atomic E-state index is 11.6. The normalized spacial score (nSPS) is 21.3. The van der Waals surface area contributed by atoms with E-state index in [2.05, 4.69) is 21.2 Å². The van der Waals surface area contributed by atoms with Crippen molar-refractivity contribution in [2.24, 2.45) is 11.7 Å². The van der Waals surface area contributed by atoms with Crippen LogP contribution >= 0.6 is 15.9 Å². The zero-order valence-corrected chi connectivity index (χ0v) is 11.7. The number of nitrogens with one attached hydrogen (secondary N) is 1. The van der Waals surface area contributed by atoms with Crippen molar-refractivity contribution in [1.82, 2.24) is 0 Å². The van der Waals surface area contributed by atoms with Crippen molar-refractivity contribution >= 4 is 27.5 Å². The molecule has 1 aliphatic rings. The summed E-state index contributed by atoms with van der Waals surface area (Å²) in [5.41, 5.74) is 6.37. The van der Waals surface area contributed by atoms with Crippen molar-refractivity contribution in [3.05, 3.63) is 28.7 Å². The van der Waals surface area contributed by atoms with Crippen LogP contribution in [0.25, 0.3) is 0 Å². The summed E-state index contributed by atoms with van der Waals surface area (Å²) < 4.78 is 6.35. The Bertz CT molecular complexity index is 419. The second-order valence-electron chi connectivity index (χ2n) is 4.48. The lowest BCUT2D eigenvalue weighted by molar-refractivity contribution is -0.121. The molecule has 1 amide bonds. The minimum atomic E-state index is -0.385. The maximum atomic E-state index is 11.6. The Morgan fingerprint density at radius 3 is 2.89 bits per heavy atom. The van der Waals surface area contributed by atoms with Crippen LogP contribution in [-0.2, 0) is 9.53 Å². The van der Waals surface area contributed by atoms with E-state index < -0.39 is 0 Å². The van der Waals surface area contributed by atoms with E-state index in [1.807, 2.05) is 24.3 Å². The average molecular weight is 313 g/mol. The van der Waals surface area contributed by atoms with Crippen LogP contribution in [0, 0.1) is 5.92 Å². The van der Waals surface area contributed by atoms with Gasteiger partial charge in [-0.15, -0.1) is 0 Å². The monoisotopic (exact) mass is 312 g/mol. The van der Waals surface area contributed by atoms with E-state index in [0.29, 0.717) is 6.61 Å². The van der Waals surface area contributed by atoms with Gasteiger partial charge in [0.1, 0.15) is 6.04 Å². The Hall–Kier alpha value is -1.07. The summed E-state index contributed by atoms with van der Waals surface area (Å²) in [6.45, 7) is 1.36. The number of carbonyl (C=O) groups excluding carboxylic acids is 1. The lowest BCUT2D eigenvalue weighted by Crippen LogP contribution is -2.44. The van der Waals surface area contributed by atoms with Crippen molar-refractivity contribution in [3.8, 4) is 0 Å². The summed E-state index contributed by atoms with van der Waals surface area (Å²) in [6, 6.07) is 7.31. The largest absolute Gasteiger partial charge is 0.381 e. The number of benzene rings is 1. The molecule has 1 aliphatic heterocycles. The molecule has 1 heterocycles. The first-order valence-electron chi connectivity index (χ1n) is 6.06. The molecule has 0 spiro atoms. The van der Waals surface area contributed by atoms with Gasteiger partial charge in [-0.05, 0) is 40.9 Å². The van der Waals surface area contributed by atoms with Gasteiger partial charge in [-0.2, -0.15) is 0 Å². The molecule has 1 aromatic rings. The van der Waals surface area contributed by atoms with Crippen molar-refractivity contribution < 1.29 is 9.53 Å². The minimum absolute atomic E-state index is 0.142. The van der Waals surface area contributed by atoms with Crippen LogP contribution in [0.5, 0.6) is 0 Å². The summed E-state index contributed by atoms with van der Waals surface area (Å²) in [6.07, 6.45) is 1.94. The van der Waals surface area contributed by atoms with Gasteiger partial charge in [-0.3, -0.25) is 4.79 Å². The van der Waals surface area contributed by atoms with Crippen LogP contribution in [-0.4, -0.2) is 25.2 Å². The first-order valence-corrected chi connectivity index (χ1v) is 6.86. The second-order valence-corrected chi connectivity index (χ2v) is 5.34. The van der Waals surface area contributed by atoms with Gasteiger partial charge < -0.3 is 15.8 Å². The lowest BCUT2D eigenvalue weighted by atomic mass is 9.93. The predicted octanol–water partition coefficient (Wildman–Crippen LogP) is 2.14. The van der Waals surface area contributed by atoms with Gasteiger partial charge in [-0.25, -0.2) is 0 Å². The lowest BCUT2D eigenvalue weighted by Gasteiger charge is -2.29. The number of primary amides is 1. The fraction of sp³-hybridized carbons (Fsp3) is 0.462. The smallest absolute Gasteiger partial charge is 0.240 e. The van der Waals surface area contributed by atoms with Gasteiger partial charge in [-0.1, -0.05) is 12.1 Å². The molecule has 98 valence electrons. The van der Waals surface area contributed by atoms with E-state index >= 15 is 0 Å². The Morgan fingerprint density at radius 2 is 2.28 bits per heavy atom. The van der Waals surface area contributed by atoms with Gasteiger partial charge in [0.2, 0.25) is 5.91 Å². The third-order valence-electron chi connectivity index (χ3n) is 3.16. The number of nitrogens with two attached hydrogens (primary N) is 1. The topological polar surface area (TPSA) is 64.4 Å². The molecule has 0 bridgehead atoms. The third kappa shape index (κ3) is 3.23. The Kier molecular flexibility index (Phi) is 4.60. The van der Waals surface area contributed by atoms with Crippen molar-refractivity contribution in [2.75, 3.05) is 18.5 Å². The van der Waals surface area contributed by atoms with E-state index in [1.165, 1.54) is 0 Å². The number of carbonyl (C=O) groups is 1. The molecule has 2 atom stereocenters. The highest BCUT2D eigenvalue weighted by atomic mass is 79.9. The zero-order valence-electron chi connectivity index (χ0n) is 10.1. The molecule has 1 fully saturated rings. The number of para-hydroxylation sites is 1. The highest BCUT2D eigenvalue weighted by molar-refractivity contribution is 9.10. The summed E-state index contributed by atoms with van der Waals surface area (Å²) in [7, 11) is 0. The molecule has 2 unspecified atom stereocenters. The number of halogens is 1. The summed E-state index contributed by atoms with van der Waals surface area (Å²) in [5.74, 6) is -0.190. The fourth-order valence-electron chi connectivity index (χ4n) is 2.20. The van der Waals surface area contributed by atoms with Crippen LogP contribution in [0.3, 0.4) is 0 Å². The molecule has 5 heteroatoms. The van der Waals surface area contributed by atoms with Crippen molar-refractivity contribution in [1.29, 1.82) is 0 Å². The number of hydrogen-bond acceptors (Lipinski definition) is 3. The summed E-state index contributed by atoms with van der Waals surface area (Å²) in [5, 5.41) is 3.22. The van der Waals surface area contributed by atoms with E-state index in [4.69, 9.17) is 10.5 Å². The summed E-state index contributed by atoms with van der Waals surface area (Å²) in [4.78, 5) is 11.6. The minimum Gasteiger partial charge on any atom is -0.381 e. The van der Waals surface area contributed by atoms with E-state index in [9.17, 15) is 4.79 Å². The van der Waals surface area contributed by atoms with Gasteiger partial charge in [0.25, 0.3) is 0 Å². The standard InChI is InChI=1S/C13H17BrN2O2/c14-10-5-1-2-6-11(10)16-12(13(15)17)9-4-3-7-18-8-9/h1-2,5-6,9,12,16H,3-4,7-8H2,(H2,15,17). The molecular formula is C13H17BrN2O2.